The van der Waals surface area contributed by atoms with Crippen LogP contribution in [0, 0.1) is 0 Å². The molecule has 27 heavy (non-hydrogen) atoms. The van der Waals surface area contributed by atoms with Gasteiger partial charge in [-0.1, -0.05) is 72.8 Å². The standard InChI is InChI=1S/C24H20N2O/c25-23(27)15-14-17-10-12-18(13-11-17)16-21-20-8-4-5-9-22(20)26-24(21)19-6-2-1-3-7-19/h1-15,26H,16H2,(H2,25,27). The first-order valence-electron chi connectivity index (χ1n) is 8.92. The maximum absolute atomic E-state index is 10.9. The summed E-state index contributed by atoms with van der Waals surface area (Å²) in [6.07, 6.45) is 3.93. The van der Waals surface area contributed by atoms with Gasteiger partial charge in [0.2, 0.25) is 5.91 Å². The summed E-state index contributed by atoms with van der Waals surface area (Å²) >= 11 is 0. The Morgan fingerprint density at radius 1 is 0.889 bits per heavy atom. The number of carbonyl (C=O) groups is 1. The first kappa shape index (κ1) is 16.9. The molecule has 0 spiro atoms. The number of primary amides is 1. The molecule has 4 rings (SSSR count). The number of hydrogen-bond donors (Lipinski definition) is 2. The summed E-state index contributed by atoms with van der Waals surface area (Å²) in [4.78, 5) is 14.5. The van der Waals surface area contributed by atoms with Crippen molar-refractivity contribution in [3.63, 3.8) is 0 Å². The molecule has 0 atom stereocenters. The van der Waals surface area contributed by atoms with Crippen molar-refractivity contribution in [3.05, 3.63) is 102 Å². The smallest absolute Gasteiger partial charge is 0.241 e. The average Bonchev–Trinajstić information content (AvgIpc) is 3.07. The second-order valence-corrected chi connectivity index (χ2v) is 6.54. The van der Waals surface area contributed by atoms with E-state index >= 15 is 0 Å². The average molecular weight is 352 g/mol. The van der Waals surface area contributed by atoms with E-state index in [1.54, 1.807) is 6.08 Å². The van der Waals surface area contributed by atoms with Crippen molar-refractivity contribution in [1.82, 2.24) is 4.98 Å². The predicted molar refractivity (Wildman–Crippen MR) is 111 cm³/mol. The molecule has 0 aliphatic carbocycles. The zero-order valence-electron chi connectivity index (χ0n) is 14.9. The molecular weight excluding hydrogens is 332 g/mol. The van der Waals surface area contributed by atoms with Crippen LogP contribution in [0.1, 0.15) is 16.7 Å². The third kappa shape index (κ3) is 3.67. The van der Waals surface area contributed by atoms with Crippen LogP contribution in [0.25, 0.3) is 28.2 Å². The summed E-state index contributed by atoms with van der Waals surface area (Å²) in [5, 5.41) is 1.24. The Morgan fingerprint density at radius 2 is 1.59 bits per heavy atom. The van der Waals surface area contributed by atoms with E-state index in [1.807, 2.05) is 18.2 Å². The van der Waals surface area contributed by atoms with Crippen LogP contribution in [0.4, 0.5) is 0 Å². The van der Waals surface area contributed by atoms with Gasteiger partial charge in [0, 0.05) is 23.4 Å². The number of hydrogen-bond acceptors (Lipinski definition) is 1. The molecule has 0 aliphatic rings. The van der Waals surface area contributed by atoms with Crippen LogP contribution in [0.3, 0.4) is 0 Å². The fourth-order valence-electron chi connectivity index (χ4n) is 3.36. The molecule has 1 aromatic heterocycles. The number of benzene rings is 3. The van der Waals surface area contributed by atoms with Crippen LogP contribution in [0.2, 0.25) is 0 Å². The van der Waals surface area contributed by atoms with Crippen molar-refractivity contribution >= 4 is 22.9 Å². The first-order valence-corrected chi connectivity index (χ1v) is 8.92. The van der Waals surface area contributed by atoms with Gasteiger partial charge in [0.1, 0.15) is 0 Å². The highest BCUT2D eigenvalue weighted by Gasteiger charge is 2.13. The van der Waals surface area contributed by atoms with E-state index in [1.165, 1.54) is 28.2 Å². The highest BCUT2D eigenvalue weighted by atomic mass is 16.1. The monoisotopic (exact) mass is 352 g/mol. The lowest BCUT2D eigenvalue weighted by atomic mass is 9.98. The lowest BCUT2D eigenvalue weighted by Gasteiger charge is -2.06. The van der Waals surface area contributed by atoms with Crippen molar-refractivity contribution < 1.29 is 4.79 Å². The molecule has 3 N–H and O–H groups in total. The molecule has 3 heteroatoms. The maximum Gasteiger partial charge on any atom is 0.241 e. The van der Waals surface area contributed by atoms with Crippen molar-refractivity contribution in [2.75, 3.05) is 0 Å². The molecule has 0 aliphatic heterocycles. The summed E-state index contributed by atoms with van der Waals surface area (Å²) < 4.78 is 0. The Kier molecular flexibility index (Phi) is 4.58. The number of rotatable bonds is 5. The van der Waals surface area contributed by atoms with E-state index in [0.717, 1.165) is 23.2 Å². The number of nitrogens with two attached hydrogens (primary N) is 1. The van der Waals surface area contributed by atoms with Gasteiger partial charge in [0.15, 0.2) is 0 Å². The number of H-pyrrole nitrogens is 1. The molecular formula is C24H20N2O. The number of carbonyl (C=O) groups excluding carboxylic acids is 1. The lowest BCUT2D eigenvalue weighted by molar-refractivity contribution is -0.113. The number of para-hydroxylation sites is 1. The van der Waals surface area contributed by atoms with Gasteiger partial charge >= 0.3 is 0 Å². The molecule has 0 fully saturated rings. The molecule has 0 radical (unpaired) electrons. The summed E-state index contributed by atoms with van der Waals surface area (Å²) in [5.74, 6) is -0.439. The Bertz CT molecular complexity index is 1110. The van der Waals surface area contributed by atoms with Gasteiger partial charge < -0.3 is 10.7 Å². The summed E-state index contributed by atoms with van der Waals surface area (Å²) in [6, 6.07) is 27.0. The molecule has 0 saturated heterocycles. The van der Waals surface area contributed by atoms with Gasteiger partial charge in [0.05, 0.1) is 5.69 Å². The van der Waals surface area contributed by atoms with Gasteiger partial charge in [-0.2, -0.15) is 0 Å². The van der Waals surface area contributed by atoms with Crippen molar-refractivity contribution in [3.8, 4) is 11.3 Å². The van der Waals surface area contributed by atoms with Crippen LogP contribution < -0.4 is 5.73 Å². The Hall–Kier alpha value is -3.59. The molecule has 132 valence electrons. The van der Waals surface area contributed by atoms with Gasteiger partial charge in [-0.3, -0.25) is 4.79 Å². The highest BCUT2D eigenvalue weighted by Crippen LogP contribution is 2.32. The summed E-state index contributed by atoms with van der Waals surface area (Å²) in [5.41, 5.74) is 12.1. The van der Waals surface area contributed by atoms with E-state index in [2.05, 4.69) is 65.6 Å². The van der Waals surface area contributed by atoms with E-state index in [0.29, 0.717) is 0 Å². The van der Waals surface area contributed by atoms with E-state index in [9.17, 15) is 4.79 Å². The Morgan fingerprint density at radius 3 is 2.33 bits per heavy atom. The van der Waals surface area contributed by atoms with Gasteiger partial charge in [-0.15, -0.1) is 0 Å². The lowest BCUT2D eigenvalue weighted by Crippen LogP contribution is -2.05. The zero-order valence-corrected chi connectivity index (χ0v) is 14.9. The molecule has 1 heterocycles. The van der Waals surface area contributed by atoms with Crippen LogP contribution in [0.5, 0.6) is 0 Å². The van der Waals surface area contributed by atoms with Crippen LogP contribution >= 0.6 is 0 Å². The number of nitrogens with one attached hydrogen (secondary N) is 1. The molecule has 3 nitrogen and oxygen atoms in total. The topological polar surface area (TPSA) is 58.9 Å². The quantitative estimate of drug-likeness (QED) is 0.492. The SMILES string of the molecule is NC(=O)C=Cc1ccc(Cc2c(-c3ccccc3)[nH]c3ccccc23)cc1. The molecule has 0 saturated carbocycles. The summed E-state index contributed by atoms with van der Waals surface area (Å²) in [6.45, 7) is 0. The van der Waals surface area contributed by atoms with Crippen LogP contribution in [-0.2, 0) is 11.2 Å². The fraction of sp³-hybridized carbons (Fsp3) is 0.0417. The minimum Gasteiger partial charge on any atom is -0.366 e. The predicted octanol–water partition coefficient (Wildman–Crippen LogP) is 4.92. The second kappa shape index (κ2) is 7.34. The fourth-order valence-corrected chi connectivity index (χ4v) is 3.36. The van der Waals surface area contributed by atoms with Crippen molar-refractivity contribution in [1.29, 1.82) is 0 Å². The molecule has 0 bridgehead atoms. The third-order valence-corrected chi connectivity index (χ3v) is 4.68. The number of aromatic amines is 1. The number of fused-ring (bicyclic) bond motifs is 1. The van der Waals surface area contributed by atoms with E-state index in [-0.39, 0.29) is 0 Å². The van der Waals surface area contributed by atoms with Gasteiger partial charge in [0.25, 0.3) is 0 Å². The number of amides is 1. The minimum atomic E-state index is -0.439. The zero-order chi connectivity index (χ0) is 18.6. The maximum atomic E-state index is 10.9. The summed E-state index contributed by atoms with van der Waals surface area (Å²) in [7, 11) is 0. The first-order chi connectivity index (χ1) is 13.2. The van der Waals surface area contributed by atoms with Crippen molar-refractivity contribution in [2.24, 2.45) is 5.73 Å². The minimum absolute atomic E-state index is 0.439. The molecule has 1 amide bonds. The highest BCUT2D eigenvalue weighted by molar-refractivity contribution is 5.91. The van der Waals surface area contributed by atoms with Crippen LogP contribution in [0.15, 0.2) is 84.9 Å². The molecule has 4 aromatic rings. The Labute approximate surface area is 158 Å². The van der Waals surface area contributed by atoms with E-state index in [4.69, 9.17) is 5.73 Å². The number of aromatic nitrogens is 1. The van der Waals surface area contributed by atoms with Gasteiger partial charge in [-0.25, -0.2) is 0 Å². The third-order valence-electron chi connectivity index (χ3n) is 4.68. The largest absolute Gasteiger partial charge is 0.366 e. The molecule has 0 unspecified atom stereocenters. The normalized spacial score (nSPS) is 11.3. The second-order valence-electron chi connectivity index (χ2n) is 6.54. The molecule has 3 aromatic carbocycles. The van der Waals surface area contributed by atoms with Crippen molar-refractivity contribution in [2.45, 2.75) is 6.42 Å². The van der Waals surface area contributed by atoms with Gasteiger partial charge in [-0.05, 0) is 34.4 Å². The Balaban J connectivity index is 1.72. The van der Waals surface area contributed by atoms with Crippen LogP contribution in [-0.4, -0.2) is 10.9 Å². The van der Waals surface area contributed by atoms with E-state index < -0.39 is 5.91 Å².